The second kappa shape index (κ2) is 5.43. The molecule has 0 spiro atoms. The lowest BCUT2D eigenvalue weighted by atomic mass is 9.84. The van der Waals surface area contributed by atoms with E-state index in [0.717, 1.165) is 5.56 Å². The third-order valence-corrected chi connectivity index (χ3v) is 3.76. The second-order valence-electron chi connectivity index (χ2n) is 5.24. The molecule has 1 aliphatic rings. The van der Waals surface area contributed by atoms with Gasteiger partial charge >= 0.3 is 0 Å². The van der Waals surface area contributed by atoms with Crippen molar-refractivity contribution in [1.82, 2.24) is 9.80 Å². The Morgan fingerprint density at radius 3 is 2.47 bits per heavy atom. The Balaban J connectivity index is 2.36. The Bertz CT molecular complexity index is 470. The maximum absolute atomic E-state index is 12.3. The molecule has 0 aliphatic carbocycles. The topological polar surface area (TPSA) is 40.6 Å². The van der Waals surface area contributed by atoms with Gasteiger partial charge in [0.05, 0.1) is 12.0 Å². The number of nitrogens with zero attached hydrogens (tertiary/aromatic N) is 2. The first kappa shape index (κ1) is 13.6. The van der Waals surface area contributed by atoms with Gasteiger partial charge in [-0.3, -0.25) is 9.59 Å². The molecule has 1 aliphatic heterocycles. The minimum Gasteiger partial charge on any atom is -0.349 e. The van der Waals surface area contributed by atoms with Gasteiger partial charge in [-0.15, -0.1) is 0 Å². The lowest BCUT2D eigenvalue weighted by Crippen LogP contribution is -2.46. The molecule has 2 amide bonds. The smallest absolute Gasteiger partial charge is 0.227 e. The molecule has 0 aromatic heterocycles. The van der Waals surface area contributed by atoms with Crippen LogP contribution in [-0.2, 0) is 9.59 Å². The van der Waals surface area contributed by atoms with E-state index in [9.17, 15) is 9.59 Å². The number of hydrogen-bond donors (Lipinski definition) is 0. The molecular weight excluding hydrogens is 240 g/mol. The van der Waals surface area contributed by atoms with E-state index in [1.807, 2.05) is 30.3 Å². The molecule has 0 radical (unpaired) electrons. The third kappa shape index (κ3) is 2.62. The van der Waals surface area contributed by atoms with Crippen molar-refractivity contribution >= 4 is 11.8 Å². The molecule has 2 unspecified atom stereocenters. The Hall–Kier alpha value is -1.84. The molecular formula is C15H20N2O2. The molecule has 1 saturated heterocycles. The number of amides is 2. The molecule has 0 bridgehead atoms. The van der Waals surface area contributed by atoms with Crippen molar-refractivity contribution in [2.24, 2.45) is 5.92 Å². The summed E-state index contributed by atoms with van der Waals surface area (Å²) in [6.45, 7) is 0. The van der Waals surface area contributed by atoms with Gasteiger partial charge in [0.25, 0.3) is 0 Å². The van der Waals surface area contributed by atoms with Crippen molar-refractivity contribution in [2.75, 3.05) is 21.1 Å². The van der Waals surface area contributed by atoms with E-state index >= 15 is 0 Å². The first-order valence-electron chi connectivity index (χ1n) is 6.54. The average molecular weight is 260 g/mol. The van der Waals surface area contributed by atoms with E-state index in [1.165, 1.54) is 0 Å². The summed E-state index contributed by atoms with van der Waals surface area (Å²) in [6.07, 6.45) is 1.07. The quantitative estimate of drug-likeness (QED) is 0.812. The zero-order valence-electron chi connectivity index (χ0n) is 11.7. The van der Waals surface area contributed by atoms with Crippen LogP contribution in [0.3, 0.4) is 0 Å². The highest BCUT2D eigenvalue weighted by molar-refractivity contribution is 5.84. The fourth-order valence-corrected chi connectivity index (χ4v) is 2.73. The number of carbonyl (C=O) groups is 2. The van der Waals surface area contributed by atoms with Crippen LogP contribution in [-0.4, -0.2) is 42.8 Å². The SMILES string of the molecule is CN(C)C(=O)C1CCC(=O)N(C)C1c1ccccc1. The lowest BCUT2D eigenvalue weighted by Gasteiger charge is -2.39. The van der Waals surface area contributed by atoms with Gasteiger partial charge in [-0.1, -0.05) is 30.3 Å². The van der Waals surface area contributed by atoms with Gasteiger partial charge in [0, 0.05) is 27.6 Å². The summed E-state index contributed by atoms with van der Waals surface area (Å²) < 4.78 is 0. The standard InChI is InChI=1S/C15H20N2O2/c1-16(2)15(19)12-9-10-13(18)17(3)14(12)11-7-5-4-6-8-11/h4-8,12,14H,9-10H2,1-3H3. The summed E-state index contributed by atoms with van der Waals surface area (Å²) in [5, 5.41) is 0. The van der Waals surface area contributed by atoms with Crippen molar-refractivity contribution in [1.29, 1.82) is 0 Å². The van der Waals surface area contributed by atoms with Gasteiger partial charge in [-0.2, -0.15) is 0 Å². The maximum atomic E-state index is 12.3. The zero-order valence-corrected chi connectivity index (χ0v) is 11.7. The van der Waals surface area contributed by atoms with Gasteiger partial charge in [0.1, 0.15) is 0 Å². The summed E-state index contributed by atoms with van der Waals surface area (Å²) in [5.41, 5.74) is 1.03. The van der Waals surface area contributed by atoms with E-state index in [2.05, 4.69) is 0 Å². The fraction of sp³-hybridized carbons (Fsp3) is 0.467. The van der Waals surface area contributed by atoms with Gasteiger partial charge in [0.15, 0.2) is 0 Å². The first-order valence-corrected chi connectivity index (χ1v) is 6.54. The van der Waals surface area contributed by atoms with Gasteiger partial charge in [-0.25, -0.2) is 0 Å². The van der Waals surface area contributed by atoms with Crippen LogP contribution >= 0.6 is 0 Å². The van der Waals surface area contributed by atoms with E-state index in [0.29, 0.717) is 12.8 Å². The molecule has 4 nitrogen and oxygen atoms in total. The number of benzene rings is 1. The molecule has 102 valence electrons. The number of rotatable bonds is 2. The highest BCUT2D eigenvalue weighted by Crippen LogP contribution is 2.36. The van der Waals surface area contributed by atoms with Gasteiger partial charge in [0.2, 0.25) is 11.8 Å². The minimum absolute atomic E-state index is 0.0909. The summed E-state index contributed by atoms with van der Waals surface area (Å²) in [7, 11) is 5.32. The van der Waals surface area contributed by atoms with E-state index < -0.39 is 0 Å². The highest BCUT2D eigenvalue weighted by atomic mass is 16.2. The zero-order chi connectivity index (χ0) is 14.0. The predicted molar refractivity (Wildman–Crippen MR) is 73.4 cm³/mol. The molecule has 0 saturated carbocycles. The van der Waals surface area contributed by atoms with E-state index in [4.69, 9.17) is 0 Å². The molecule has 1 fully saturated rings. The van der Waals surface area contributed by atoms with Gasteiger partial charge in [-0.05, 0) is 12.0 Å². The van der Waals surface area contributed by atoms with Crippen molar-refractivity contribution < 1.29 is 9.59 Å². The summed E-state index contributed by atoms with van der Waals surface area (Å²) in [5.74, 6) is 0.0463. The van der Waals surface area contributed by atoms with Crippen molar-refractivity contribution in [3.05, 3.63) is 35.9 Å². The minimum atomic E-state index is -0.155. The fourth-order valence-electron chi connectivity index (χ4n) is 2.73. The number of likely N-dealkylation sites (tertiary alicyclic amines) is 1. The Morgan fingerprint density at radius 1 is 1.26 bits per heavy atom. The van der Waals surface area contributed by atoms with Crippen molar-refractivity contribution in [3.8, 4) is 0 Å². The number of carbonyl (C=O) groups excluding carboxylic acids is 2. The Kier molecular flexibility index (Phi) is 3.88. The van der Waals surface area contributed by atoms with Crippen LogP contribution in [0.1, 0.15) is 24.4 Å². The largest absolute Gasteiger partial charge is 0.349 e. The molecule has 19 heavy (non-hydrogen) atoms. The Labute approximate surface area is 114 Å². The van der Waals surface area contributed by atoms with Gasteiger partial charge < -0.3 is 9.80 Å². The van der Waals surface area contributed by atoms with Crippen LogP contribution in [0.15, 0.2) is 30.3 Å². The lowest BCUT2D eigenvalue weighted by molar-refractivity contribution is -0.145. The van der Waals surface area contributed by atoms with Crippen LogP contribution < -0.4 is 0 Å². The molecule has 4 heteroatoms. The molecule has 2 atom stereocenters. The maximum Gasteiger partial charge on any atom is 0.227 e. The summed E-state index contributed by atoms with van der Waals surface area (Å²) in [4.78, 5) is 27.6. The van der Waals surface area contributed by atoms with Crippen LogP contribution in [0.2, 0.25) is 0 Å². The Morgan fingerprint density at radius 2 is 1.89 bits per heavy atom. The van der Waals surface area contributed by atoms with Crippen LogP contribution in [0.4, 0.5) is 0 Å². The number of hydrogen-bond acceptors (Lipinski definition) is 2. The predicted octanol–water partition coefficient (Wildman–Crippen LogP) is 1.68. The number of piperidine rings is 1. The molecule has 1 aromatic rings. The first-order chi connectivity index (χ1) is 9.02. The van der Waals surface area contributed by atoms with Crippen LogP contribution in [0, 0.1) is 5.92 Å². The summed E-state index contributed by atoms with van der Waals surface area (Å²) >= 11 is 0. The second-order valence-corrected chi connectivity index (χ2v) is 5.24. The monoisotopic (exact) mass is 260 g/mol. The van der Waals surface area contributed by atoms with Crippen LogP contribution in [0.25, 0.3) is 0 Å². The third-order valence-electron chi connectivity index (χ3n) is 3.76. The molecule has 0 N–H and O–H groups in total. The molecule has 2 rings (SSSR count). The van der Waals surface area contributed by atoms with E-state index in [1.54, 1.807) is 30.9 Å². The van der Waals surface area contributed by atoms with E-state index in [-0.39, 0.29) is 23.8 Å². The molecule has 1 heterocycles. The average Bonchev–Trinajstić information content (AvgIpc) is 2.41. The highest BCUT2D eigenvalue weighted by Gasteiger charge is 2.39. The molecule has 1 aromatic carbocycles. The van der Waals surface area contributed by atoms with Crippen molar-refractivity contribution in [3.63, 3.8) is 0 Å². The normalized spacial score (nSPS) is 23.3. The summed E-state index contributed by atoms with van der Waals surface area (Å²) in [6, 6.07) is 9.64. The van der Waals surface area contributed by atoms with Crippen molar-refractivity contribution in [2.45, 2.75) is 18.9 Å². The van der Waals surface area contributed by atoms with Crippen LogP contribution in [0.5, 0.6) is 0 Å².